The van der Waals surface area contributed by atoms with E-state index in [4.69, 9.17) is 17.4 Å². The summed E-state index contributed by atoms with van der Waals surface area (Å²) in [6.07, 6.45) is 3.25. The van der Waals surface area contributed by atoms with Crippen molar-refractivity contribution in [2.75, 3.05) is 0 Å². The van der Waals surface area contributed by atoms with Crippen molar-refractivity contribution in [2.45, 2.75) is 31.2 Å². The van der Waals surface area contributed by atoms with Crippen molar-refractivity contribution in [3.05, 3.63) is 56.5 Å². The van der Waals surface area contributed by atoms with Crippen molar-refractivity contribution in [3.8, 4) is 0 Å². The van der Waals surface area contributed by atoms with Gasteiger partial charge in [-0.05, 0) is 48.4 Å². The highest BCUT2D eigenvalue weighted by Gasteiger charge is 2.30. The van der Waals surface area contributed by atoms with Crippen LogP contribution >= 0.6 is 22.9 Å². The molecule has 0 amide bonds. The third kappa shape index (κ3) is 2.49. The summed E-state index contributed by atoms with van der Waals surface area (Å²) in [6.45, 7) is 0. The molecule has 3 rings (SSSR count). The number of hydrazine groups is 1. The van der Waals surface area contributed by atoms with Crippen LogP contribution < -0.4 is 11.3 Å². The Morgan fingerprint density at radius 3 is 3.00 bits per heavy atom. The summed E-state index contributed by atoms with van der Waals surface area (Å²) in [5, 5.41) is 2.51. The summed E-state index contributed by atoms with van der Waals surface area (Å²) in [4.78, 5) is 1.40. The molecule has 2 nitrogen and oxygen atoms in total. The Labute approximate surface area is 126 Å². The van der Waals surface area contributed by atoms with E-state index in [1.807, 2.05) is 0 Å². The van der Waals surface area contributed by atoms with Crippen molar-refractivity contribution >= 4 is 22.9 Å². The maximum absolute atomic E-state index is 14.2. The summed E-state index contributed by atoms with van der Waals surface area (Å²) < 4.78 is 14.2. The Bertz CT molecular complexity index is 614. The summed E-state index contributed by atoms with van der Waals surface area (Å²) >= 11 is 7.60. The number of nitrogens with two attached hydrogens (primary N) is 1. The molecule has 20 heavy (non-hydrogen) atoms. The standard InChI is InChI=1S/C15H16ClFN2S/c16-9-4-5-12(13(17)8-9)15(19-18)11-2-1-3-14-10(11)6-7-20-14/h4-8,11,15,19H,1-3,18H2. The van der Waals surface area contributed by atoms with Crippen LogP contribution in [0.3, 0.4) is 0 Å². The van der Waals surface area contributed by atoms with Crippen molar-refractivity contribution in [3.63, 3.8) is 0 Å². The molecule has 0 fully saturated rings. The molecule has 0 aliphatic heterocycles. The SMILES string of the molecule is NNC(c1ccc(Cl)cc1F)C1CCCc2sccc21. The first-order valence-electron chi connectivity index (χ1n) is 6.68. The first-order chi connectivity index (χ1) is 9.70. The Hall–Kier alpha value is -0.940. The summed E-state index contributed by atoms with van der Waals surface area (Å²) in [5.41, 5.74) is 4.69. The largest absolute Gasteiger partial charge is 0.271 e. The monoisotopic (exact) mass is 310 g/mol. The molecular weight excluding hydrogens is 295 g/mol. The number of benzene rings is 1. The summed E-state index contributed by atoms with van der Waals surface area (Å²) in [6, 6.07) is 6.70. The molecule has 2 unspecified atom stereocenters. The lowest BCUT2D eigenvalue weighted by molar-refractivity contribution is 0.398. The molecule has 1 aliphatic carbocycles. The molecule has 2 atom stereocenters. The van der Waals surface area contributed by atoms with E-state index in [2.05, 4.69) is 16.9 Å². The predicted octanol–water partition coefficient (Wildman–Crippen LogP) is 4.17. The van der Waals surface area contributed by atoms with Crippen molar-refractivity contribution in [2.24, 2.45) is 5.84 Å². The van der Waals surface area contributed by atoms with Crippen LogP contribution in [-0.2, 0) is 6.42 Å². The number of hydrogen-bond donors (Lipinski definition) is 2. The van der Waals surface area contributed by atoms with Gasteiger partial charge in [-0.15, -0.1) is 11.3 Å². The zero-order valence-corrected chi connectivity index (χ0v) is 12.5. The maximum Gasteiger partial charge on any atom is 0.129 e. The lowest BCUT2D eigenvalue weighted by atomic mass is 9.80. The van der Waals surface area contributed by atoms with Gasteiger partial charge in [-0.3, -0.25) is 11.3 Å². The van der Waals surface area contributed by atoms with Gasteiger partial charge in [-0.1, -0.05) is 17.7 Å². The number of nitrogens with one attached hydrogen (secondary N) is 1. The second-order valence-corrected chi connectivity index (χ2v) is 6.55. The molecule has 1 aromatic heterocycles. The van der Waals surface area contributed by atoms with Crippen molar-refractivity contribution < 1.29 is 4.39 Å². The van der Waals surface area contributed by atoms with Gasteiger partial charge in [0, 0.05) is 21.4 Å². The molecule has 0 radical (unpaired) electrons. The first kappa shape index (κ1) is 14.0. The number of thiophene rings is 1. The molecule has 0 saturated heterocycles. The van der Waals surface area contributed by atoms with Crippen LogP contribution in [0.4, 0.5) is 4.39 Å². The quantitative estimate of drug-likeness (QED) is 0.660. The second kappa shape index (κ2) is 5.82. The zero-order valence-electron chi connectivity index (χ0n) is 10.9. The van der Waals surface area contributed by atoms with E-state index in [9.17, 15) is 4.39 Å². The Kier molecular flexibility index (Phi) is 4.08. The van der Waals surface area contributed by atoms with Crippen molar-refractivity contribution in [1.29, 1.82) is 0 Å². The molecule has 5 heteroatoms. The minimum Gasteiger partial charge on any atom is -0.271 e. The number of hydrogen-bond acceptors (Lipinski definition) is 3. The molecule has 1 aliphatic rings. The van der Waals surface area contributed by atoms with Gasteiger partial charge in [-0.2, -0.15) is 0 Å². The zero-order chi connectivity index (χ0) is 14.1. The average Bonchev–Trinajstić information content (AvgIpc) is 2.91. The van der Waals surface area contributed by atoms with E-state index in [-0.39, 0.29) is 17.8 Å². The van der Waals surface area contributed by atoms with Gasteiger partial charge in [0.1, 0.15) is 5.82 Å². The topological polar surface area (TPSA) is 38.0 Å². The fourth-order valence-electron chi connectivity index (χ4n) is 3.04. The van der Waals surface area contributed by atoms with Crippen LogP contribution in [0, 0.1) is 5.82 Å². The van der Waals surface area contributed by atoms with Gasteiger partial charge in [-0.25, -0.2) is 4.39 Å². The Morgan fingerprint density at radius 2 is 2.25 bits per heavy atom. The molecular formula is C15H16ClFN2S. The number of halogens is 2. The fourth-order valence-corrected chi connectivity index (χ4v) is 4.20. The minimum absolute atomic E-state index is 0.214. The van der Waals surface area contributed by atoms with Gasteiger partial charge >= 0.3 is 0 Å². The highest BCUT2D eigenvalue weighted by molar-refractivity contribution is 7.10. The van der Waals surface area contributed by atoms with Crippen LogP contribution in [-0.4, -0.2) is 0 Å². The Balaban J connectivity index is 1.99. The van der Waals surface area contributed by atoms with E-state index in [0.717, 1.165) is 19.3 Å². The smallest absolute Gasteiger partial charge is 0.129 e. The van der Waals surface area contributed by atoms with Crippen LogP contribution in [0.5, 0.6) is 0 Å². The van der Waals surface area contributed by atoms with Gasteiger partial charge in [0.05, 0.1) is 6.04 Å². The number of fused-ring (bicyclic) bond motifs is 1. The molecule has 0 spiro atoms. The summed E-state index contributed by atoms with van der Waals surface area (Å²) in [7, 11) is 0. The van der Waals surface area contributed by atoms with Crippen molar-refractivity contribution in [1.82, 2.24) is 5.43 Å². The fraction of sp³-hybridized carbons (Fsp3) is 0.333. The highest BCUT2D eigenvalue weighted by Crippen LogP contribution is 2.42. The lowest BCUT2D eigenvalue weighted by Crippen LogP contribution is -2.34. The van der Waals surface area contributed by atoms with E-state index in [0.29, 0.717) is 10.6 Å². The number of aryl methyl sites for hydroxylation is 1. The van der Waals surface area contributed by atoms with Gasteiger partial charge in [0.25, 0.3) is 0 Å². The third-order valence-electron chi connectivity index (χ3n) is 3.98. The molecule has 3 N–H and O–H groups in total. The summed E-state index contributed by atoms with van der Waals surface area (Å²) in [5.74, 6) is 5.63. The molecule has 0 bridgehead atoms. The second-order valence-electron chi connectivity index (χ2n) is 5.11. The van der Waals surface area contributed by atoms with Gasteiger partial charge in [0.2, 0.25) is 0 Å². The van der Waals surface area contributed by atoms with Gasteiger partial charge < -0.3 is 0 Å². The molecule has 1 heterocycles. The normalized spacial score (nSPS) is 19.6. The predicted molar refractivity (Wildman–Crippen MR) is 81.5 cm³/mol. The maximum atomic E-state index is 14.2. The molecule has 0 saturated carbocycles. The minimum atomic E-state index is -0.303. The highest BCUT2D eigenvalue weighted by atomic mass is 35.5. The molecule has 2 aromatic rings. The molecule has 106 valence electrons. The van der Waals surface area contributed by atoms with E-state index in [1.54, 1.807) is 23.5 Å². The van der Waals surface area contributed by atoms with E-state index in [1.165, 1.54) is 16.5 Å². The van der Waals surface area contributed by atoms with E-state index < -0.39 is 0 Å². The van der Waals surface area contributed by atoms with Crippen LogP contribution in [0.2, 0.25) is 5.02 Å². The molecule has 1 aromatic carbocycles. The Morgan fingerprint density at radius 1 is 1.40 bits per heavy atom. The van der Waals surface area contributed by atoms with Crippen LogP contribution in [0.1, 0.15) is 40.8 Å². The third-order valence-corrected chi connectivity index (χ3v) is 5.21. The first-order valence-corrected chi connectivity index (χ1v) is 7.94. The lowest BCUT2D eigenvalue weighted by Gasteiger charge is -2.30. The average molecular weight is 311 g/mol. The van der Waals surface area contributed by atoms with Gasteiger partial charge in [0.15, 0.2) is 0 Å². The van der Waals surface area contributed by atoms with E-state index >= 15 is 0 Å². The number of rotatable bonds is 3. The van der Waals surface area contributed by atoms with Crippen LogP contribution in [0.25, 0.3) is 0 Å². The van der Waals surface area contributed by atoms with Crippen LogP contribution in [0.15, 0.2) is 29.6 Å².